The lowest BCUT2D eigenvalue weighted by Gasteiger charge is -2.19. The van der Waals surface area contributed by atoms with Gasteiger partial charge in [0.1, 0.15) is 0 Å². The molecule has 9 nitrogen and oxygen atoms in total. The van der Waals surface area contributed by atoms with E-state index in [4.69, 9.17) is 5.73 Å². The number of hydrogen-bond donors (Lipinski definition) is 2. The van der Waals surface area contributed by atoms with Crippen LogP contribution in [0.4, 0.5) is 0 Å². The fourth-order valence-electron chi connectivity index (χ4n) is 4.65. The van der Waals surface area contributed by atoms with Crippen LogP contribution in [0.1, 0.15) is 33.7 Å². The summed E-state index contributed by atoms with van der Waals surface area (Å²) in [4.78, 5) is 45.5. The third kappa shape index (κ3) is 2.34. The van der Waals surface area contributed by atoms with Crippen molar-refractivity contribution in [1.29, 1.82) is 0 Å². The van der Waals surface area contributed by atoms with Gasteiger partial charge in [-0.1, -0.05) is 0 Å². The van der Waals surface area contributed by atoms with Crippen LogP contribution in [0, 0.1) is 24.7 Å². The van der Waals surface area contributed by atoms with E-state index >= 15 is 0 Å². The number of rotatable bonds is 3. The number of nitrogens with zero attached hydrogens (tertiary/aromatic N) is 4. The van der Waals surface area contributed by atoms with Crippen molar-refractivity contribution in [2.75, 3.05) is 13.1 Å². The normalized spacial score (nSPS) is 25.4. The summed E-state index contributed by atoms with van der Waals surface area (Å²) in [6, 6.07) is 0. The van der Waals surface area contributed by atoms with Crippen molar-refractivity contribution < 1.29 is 9.59 Å². The van der Waals surface area contributed by atoms with Crippen LogP contribution >= 0.6 is 0 Å². The summed E-state index contributed by atoms with van der Waals surface area (Å²) in [5, 5.41) is 4.28. The average molecular weight is 368 g/mol. The number of carbonyl (C=O) groups excluding carboxylic acids is 2. The van der Waals surface area contributed by atoms with E-state index < -0.39 is 0 Å². The Bertz CT molecular complexity index is 1030. The Balaban J connectivity index is 1.40. The first-order valence-electron chi connectivity index (χ1n) is 9.21. The molecule has 1 saturated carbocycles. The number of hydrogen-bond acceptors (Lipinski definition) is 5. The lowest BCUT2D eigenvalue weighted by atomic mass is 10.2. The minimum absolute atomic E-state index is 0.0847. The number of carbonyl (C=O) groups is 2. The average Bonchev–Trinajstić information content (AvgIpc) is 3.06. The van der Waals surface area contributed by atoms with Gasteiger partial charge < -0.3 is 10.6 Å². The van der Waals surface area contributed by atoms with Crippen molar-refractivity contribution in [1.82, 2.24) is 24.6 Å². The molecule has 2 fully saturated rings. The maximum absolute atomic E-state index is 12.9. The number of nitrogens with two attached hydrogens (primary N) is 1. The van der Waals surface area contributed by atoms with Gasteiger partial charge in [-0.3, -0.25) is 19.4 Å². The van der Waals surface area contributed by atoms with Crippen LogP contribution in [0.5, 0.6) is 0 Å². The molecular formula is C18H20N6O3. The first-order valence-corrected chi connectivity index (χ1v) is 9.21. The van der Waals surface area contributed by atoms with Gasteiger partial charge in [0, 0.05) is 24.6 Å². The largest absolute Gasteiger partial charge is 0.369 e. The Morgan fingerprint density at radius 2 is 2.00 bits per heavy atom. The molecule has 0 unspecified atom stereocenters. The van der Waals surface area contributed by atoms with Gasteiger partial charge in [-0.05, 0) is 38.0 Å². The molecule has 5 rings (SSSR count). The van der Waals surface area contributed by atoms with E-state index in [1.54, 1.807) is 11.8 Å². The number of primary amides is 1. The molecule has 2 amide bonds. The molecule has 0 radical (unpaired) electrons. The number of aromatic amines is 1. The molecule has 3 atom stereocenters. The van der Waals surface area contributed by atoms with Gasteiger partial charge in [-0.15, -0.1) is 0 Å². The molecule has 2 aromatic rings. The second kappa shape index (κ2) is 5.51. The maximum atomic E-state index is 12.9. The van der Waals surface area contributed by atoms with Gasteiger partial charge in [0.15, 0.2) is 0 Å². The van der Waals surface area contributed by atoms with Crippen LogP contribution in [0.15, 0.2) is 11.0 Å². The molecule has 3 N–H and O–H groups in total. The van der Waals surface area contributed by atoms with E-state index in [9.17, 15) is 14.4 Å². The summed E-state index contributed by atoms with van der Waals surface area (Å²) in [7, 11) is 0. The van der Waals surface area contributed by atoms with E-state index in [0.29, 0.717) is 30.3 Å². The van der Waals surface area contributed by atoms with Crippen molar-refractivity contribution in [3.05, 3.63) is 39.1 Å². The minimum atomic E-state index is -0.271. The molecule has 140 valence electrons. The summed E-state index contributed by atoms with van der Waals surface area (Å²) < 4.78 is 1.51. The molecule has 2 aliphatic carbocycles. The van der Waals surface area contributed by atoms with Crippen molar-refractivity contribution in [3.8, 4) is 5.95 Å². The Morgan fingerprint density at radius 1 is 1.26 bits per heavy atom. The number of aryl methyl sites for hydroxylation is 1. The molecule has 1 aliphatic heterocycles. The monoisotopic (exact) mass is 368 g/mol. The Labute approximate surface area is 154 Å². The maximum Gasteiger partial charge on any atom is 0.257 e. The number of nitrogens with one attached hydrogen (secondary N) is 1. The molecule has 27 heavy (non-hydrogen) atoms. The standard InChI is InChI=1S/C18H20N6O3/c1-8-10(17(27)23-6-11-12(7-23)14(11)15(19)25)5-20-24(8)18-21-13-4-2-3-9(13)16(26)22-18/h5,11-12,14H,2-4,6-7H2,1H3,(H2,19,25)(H,21,22,26)/t11-,12+,14-. The molecule has 2 aromatic heterocycles. The van der Waals surface area contributed by atoms with Crippen LogP contribution in [0.2, 0.25) is 0 Å². The van der Waals surface area contributed by atoms with Crippen LogP contribution in [0.3, 0.4) is 0 Å². The number of piperidine rings is 1. The van der Waals surface area contributed by atoms with E-state index in [2.05, 4.69) is 15.1 Å². The first-order chi connectivity index (χ1) is 13.0. The van der Waals surface area contributed by atoms with Crippen molar-refractivity contribution in [3.63, 3.8) is 0 Å². The third-order valence-corrected chi connectivity index (χ3v) is 6.18. The highest BCUT2D eigenvalue weighted by Crippen LogP contribution is 2.51. The first kappa shape index (κ1) is 16.2. The highest BCUT2D eigenvalue weighted by atomic mass is 16.2. The van der Waals surface area contributed by atoms with E-state index in [0.717, 1.165) is 30.5 Å². The highest BCUT2D eigenvalue weighted by Gasteiger charge is 2.59. The number of aromatic nitrogens is 4. The van der Waals surface area contributed by atoms with Crippen molar-refractivity contribution >= 4 is 11.8 Å². The van der Waals surface area contributed by atoms with Gasteiger partial charge in [0.2, 0.25) is 11.9 Å². The second-order valence-electron chi connectivity index (χ2n) is 7.69. The fraction of sp³-hybridized carbons (Fsp3) is 0.500. The summed E-state index contributed by atoms with van der Waals surface area (Å²) in [5.74, 6) is 0.257. The van der Waals surface area contributed by atoms with Crippen molar-refractivity contribution in [2.45, 2.75) is 26.2 Å². The quantitative estimate of drug-likeness (QED) is 0.759. The highest BCUT2D eigenvalue weighted by molar-refractivity contribution is 5.96. The zero-order valence-electron chi connectivity index (χ0n) is 14.9. The topological polar surface area (TPSA) is 127 Å². The van der Waals surface area contributed by atoms with Gasteiger partial charge in [-0.2, -0.15) is 5.10 Å². The Hall–Kier alpha value is -2.97. The summed E-state index contributed by atoms with van der Waals surface area (Å²) in [5.41, 5.74) is 7.92. The van der Waals surface area contributed by atoms with E-state index in [1.165, 1.54) is 10.9 Å². The van der Waals surface area contributed by atoms with Gasteiger partial charge in [0.25, 0.3) is 11.5 Å². The second-order valence-corrected chi connectivity index (χ2v) is 7.69. The SMILES string of the molecule is Cc1c(C(=O)N2C[C@@H]3[C@H](C2)[C@@H]3C(N)=O)cnn1-c1nc2c(c(=O)[nH]1)CCC2. The molecule has 0 spiro atoms. The van der Waals surface area contributed by atoms with Gasteiger partial charge >= 0.3 is 0 Å². The number of fused-ring (bicyclic) bond motifs is 2. The molecular weight excluding hydrogens is 348 g/mol. The van der Waals surface area contributed by atoms with Gasteiger partial charge in [0.05, 0.1) is 23.1 Å². The van der Waals surface area contributed by atoms with E-state index in [-0.39, 0.29) is 35.1 Å². The fourth-order valence-corrected chi connectivity index (χ4v) is 4.65. The van der Waals surface area contributed by atoms with E-state index in [1.807, 2.05) is 0 Å². The summed E-state index contributed by atoms with van der Waals surface area (Å²) >= 11 is 0. The lowest BCUT2D eigenvalue weighted by molar-refractivity contribution is -0.120. The van der Waals surface area contributed by atoms with Crippen LogP contribution in [-0.4, -0.2) is 49.6 Å². The zero-order valence-corrected chi connectivity index (χ0v) is 14.9. The number of amides is 2. The predicted molar refractivity (Wildman–Crippen MR) is 94.3 cm³/mol. The molecule has 0 aromatic carbocycles. The molecule has 3 aliphatic rings. The molecule has 1 saturated heterocycles. The molecule has 0 bridgehead atoms. The van der Waals surface area contributed by atoms with Gasteiger partial charge in [-0.25, -0.2) is 9.67 Å². The smallest absolute Gasteiger partial charge is 0.257 e. The summed E-state index contributed by atoms with van der Waals surface area (Å²) in [6.45, 7) is 2.89. The number of likely N-dealkylation sites (tertiary alicyclic amines) is 1. The van der Waals surface area contributed by atoms with Crippen LogP contribution in [-0.2, 0) is 17.6 Å². The minimum Gasteiger partial charge on any atom is -0.369 e. The zero-order chi connectivity index (χ0) is 18.9. The summed E-state index contributed by atoms with van der Waals surface area (Å²) in [6.07, 6.45) is 3.99. The lowest BCUT2D eigenvalue weighted by Crippen LogP contribution is -2.33. The molecule has 3 heterocycles. The molecule has 9 heteroatoms. The van der Waals surface area contributed by atoms with Crippen LogP contribution in [0.25, 0.3) is 5.95 Å². The Morgan fingerprint density at radius 3 is 2.70 bits per heavy atom. The third-order valence-electron chi connectivity index (χ3n) is 6.18. The van der Waals surface area contributed by atoms with Crippen molar-refractivity contribution in [2.24, 2.45) is 23.5 Å². The predicted octanol–water partition coefficient (Wildman–Crippen LogP) is -0.444. The Kier molecular flexibility index (Phi) is 3.31. The van der Waals surface area contributed by atoms with Crippen LogP contribution < -0.4 is 11.3 Å². The number of H-pyrrole nitrogens is 1.